The van der Waals surface area contributed by atoms with Crippen LogP contribution >= 0.6 is 23.4 Å². The van der Waals surface area contributed by atoms with Crippen LogP contribution in [-0.2, 0) is 0 Å². The van der Waals surface area contributed by atoms with Gasteiger partial charge >= 0.3 is 5.76 Å². The van der Waals surface area contributed by atoms with Gasteiger partial charge in [0.1, 0.15) is 0 Å². The average molecular weight is 359 g/mol. The van der Waals surface area contributed by atoms with E-state index in [-0.39, 0.29) is 0 Å². The lowest BCUT2D eigenvalue weighted by Crippen LogP contribution is -2.25. The number of halogens is 1. The minimum absolute atomic E-state index is 0.462. The lowest BCUT2D eigenvalue weighted by atomic mass is 10.1. The molecule has 0 amide bonds. The topological polar surface area (TPSA) is 82.8 Å². The van der Waals surface area contributed by atoms with Crippen LogP contribution in [0.25, 0.3) is 11.1 Å². The Morgan fingerprint density at radius 3 is 2.96 bits per heavy atom. The molecule has 0 saturated heterocycles. The van der Waals surface area contributed by atoms with Crippen molar-refractivity contribution in [2.75, 3.05) is 5.75 Å². The number of H-pyrrole nitrogens is 1. The number of hydrogen-bond acceptors (Lipinski definition) is 5. The van der Waals surface area contributed by atoms with Gasteiger partial charge in [-0.3, -0.25) is 10.4 Å². The molecule has 2 aromatic carbocycles. The highest BCUT2D eigenvalue weighted by Crippen LogP contribution is 2.22. The van der Waals surface area contributed by atoms with Crippen LogP contribution in [0.2, 0.25) is 5.02 Å². The van der Waals surface area contributed by atoms with Gasteiger partial charge in [0.25, 0.3) is 0 Å². The molecule has 2 N–H and O–H groups in total. The second-order valence-corrected chi connectivity index (χ2v) is 6.48. The van der Waals surface area contributed by atoms with Gasteiger partial charge in [-0.15, -0.1) is 0 Å². The van der Waals surface area contributed by atoms with Crippen LogP contribution in [0, 0.1) is 0 Å². The molecule has 24 heavy (non-hydrogen) atoms. The molecule has 1 aromatic heterocycles. The van der Waals surface area contributed by atoms with Gasteiger partial charge < -0.3 is 4.42 Å². The Hall–Kier alpha value is -2.51. The Morgan fingerprint density at radius 2 is 2.17 bits per heavy atom. The van der Waals surface area contributed by atoms with Crippen LogP contribution in [0.1, 0.15) is 5.56 Å². The third kappa shape index (κ3) is 3.08. The number of aromatic amines is 1. The van der Waals surface area contributed by atoms with Gasteiger partial charge in [-0.2, -0.15) is 5.10 Å². The third-order valence-corrected chi connectivity index (χ3v) is 4.53. The minimum atomic E-state index is -0.462. The van der Waals surface area contributed by atoms with Crippen molar-refractivity contribution in [3.63, 3.8) is 0 Å². The molecule has 0 spiro atoms. The fraction of sp³-hybridized carbons (Fsp3) is 0.0625. The van der Waals surface area contributed by atoms with E-state index in [1.54, 1.807) is 36.0 Å². The summed E-state index contributed by atoms with van der Waals surface area (Å²) in [5, 5.41) is 5.71. The second kappa shape index (κ2) is 6.18. The van der Waals surface area contributed by atoms with Gasteiger partial charge in [0.05, 0.1) is 16.9 Å². The first-order valence-corrected chi connectivity index (χ1v) is 8.47. The summed E-state index contributed by atoms with van der Waals surface area (Å²) in [6, 6.07) is 12.8. The van der Waals surface area contributed by atoms with Gasteiger partial charge in [-0.05, 0) is 30.3 Å². The maximum Gasteiger partial charge on any atom is 0.417 e. The fourth-order valence-corrected chi connectivity index (χ4v) is 3.28. The molecule has 0 aliphatic carbocycles. The van der Waals surface area contributed by atoms with E-state index in [1.165, 1.54) is 0 Å². The number of nitrogens with one attached hydrogen (secondary N) is 2. The molecule has 8 heteroatoms. The number of aliphatic imine (C=N–C) groups is 1. The molecule has 0 bridgehead atoms. The number of thioether (sulfide) groups is 1. The molecule has 6 nitrogen and oxygen atoms in total. The number of hydrazone groups is 1. The van der Waals surface area contributed by atoms with E-state index in [0.717, 1.165) is 17.0 Å². The van der Waals surface area contributed by atoms with E-state index in [0.29, 0.717) is 27.0 Å². The second-order valence-electron chi connectivity index (χ2n) is 5.08. The van der Waals surface area contributed by atoms with Crippen molar-refractivity contribution < 1.29 is 4.42 Å². The summed E-state index contributed by atoms with van der Waals surface area (Å²) in [4.78, 5) is 18.3. The van der Waals surface area contributed by atoms with Crippen molar-refractivity contribution in [2.45, 2.75) is 0 Å². The van der Waals surface area contributed by atoms with Gasteiger partial charge in [0.15, 0.2) is 10.8 Å². The largest absolute Gasteiger partial charge is 0.417 e. The van der Waals surface area contributed by atoms with Gasteiger partial charge in [-0.1, -0.05) is 35.5 Å². The first kappa shape index (κ1) is 15.0. The molecule has 4 rings (SSSR count). The highest BCUT2D eigenvalue weighted by molar-refractivity contribution is 8.14. The smallest absolute Gasteiger partial charge is 0.408 e. The first-order valence-electron chi connectivity index (χ1n) is 7.10. The molecule has 0 atom stereocenters. The van der Waals surface area contributed by atoms with Crippen molar-refractivity contribution in [3.05, 3.63) is 63.6 Å². The van der Waals surface area contributed by atoms with Crippen molar-refractivity contribution in [1.29, 1.82) is 0 Å². The van der Waals surface area contributed by atoms with Crippen LogP contribution in [0.5, 0.6) is 0 Å². The van der Waals surface area contributed by atoms with Gasteiger partial charge in [-0.25, -0.2) is 9.79 Å². The fourth-order valence-electron chi connectivity index (χ4n) is 2.31. The van der Waals surface area contributed by atoms with Crippen molar-refractivity contribution in [2.24, 2.45) is 10.1 Å². The van der Waals surface area contributed by atoms with Crippen molar-refractivity contribution in [3.8, 4) is 0 Å². The molecular formula is C16H11ClN4O2S. The zero-order valence-corrected chi connectivity index (χ0v) is 13.8. The molecular weight excluding hydrogens is 348 g/mol. The molecule has 1 aliphatic rings. The van der Waals surface area contributed by atoms with E-state index in [1.807, 2.05) is 18.2 Å². The summed E-state index contributed by atoms with van der Waals surface area (Å²) in [6.07, 6.45) is 0. The molecule has 0 saturated carbocycles. The number of nitrogens with zero attached hydrogens (tertiary/aromatic N) is 2. The summed E-state index contributed by atoms with van der Waals surface area (Å²) >= 11 is 7.50. The summed E-state index contributed by atoms with van der Waals surface area (Å²) in [5.41, 5.74) is 6.66. The number of rotatable bonds is 2. The predicted octanol–water partition coefficient (Wildman–Crippen LogP) is 3.50. The number of oxazole rings is 1. The highest BCUT2D eigenvalue weighted by Gasteiger charge is 2.14. The summed E-state index contributed by atoms with van der Waals surface area (Å²) in [6.45, 7) is 0. The average Bonchev–Trinajstić information content (AvgIpc) is 2.95. The quantitative estimate of drug-likeness (QED) is 0.734. The van der Waals surface area contributed by atoms with E-state index in [4.69, 9.17) is 16.0 Å². The molecule has 0 radical (unpaired) electrons. The molecule has 0 fully saturated rings. The number of hydrogen-bond donors (Lipinski definition) is 2. The van der Waals surface area contributed by atoms with Crippen LogP contribution in [0.3, 0.4) is 0 Å². The van der Waals surface area contributed by atoms with Gasteiger partial charge in [0, 0.05) is 16.3 Å². The van der Waals surface area contributed by atoms with E-state index < -0.39 is 5.76 Å². The van der Waals surface area contributed by atoms with Crippen LogP contribution in [0.4, 0.5) is 5.69 Å². The molecule has 3 aromatic rings. The normalized spacial score (nSPS) is 16.2. The van der Waals surface area contributed by atoms with Crippen molar-refractivity contribution >= 4 is 51.0 Å². The Bertz CT molecular complexity index is 1040. The summed E-state index contributed by atoms with van der Waals surface area (Å²) < 4.78 is 5.08. The van der Waals surface area contributed by atoms with E-state index in [2.05, 4.69) is 20.5 Å². The Balaban J connectivity index is 1.58. The molecule has 2 heterocycles. The molecule has 1 aliphatic heterocycles. The standard InChI is InChI=1S/C16H11ClN4O2S/c17-10-2-1-3-11(7-10)18-15-21-20-13(8-24-15)9-4-5-12-14(6-9)23-16(22)19-12/h1-7H,8H2,(H,18,21)(H,19,22). The van der Waals surface area contributed by atoms with Crippen LogP contribution in [-0.4, -0.2) is 21.6 Å². The van der Waals surface area contributed by atoms with Gasteiger partial charge in [0.2, 0.25) is 0 Å². The maximum absolute atomic E-state index is 11.2. The Morgan fingerprint density at radius 1 is 1.25 bits per heavy atom. The molecule has 0 unspecified atom stereocenters. The summed E-state index contributed by atoms with van der Waals surface area (Å²) in [7, 11) is 0. The van der Waals surface area contributed by atoms with Crippen LogP contribution in [0.15, 0.2) is 61.8 Å². The lowest BCUT2D eigenvalue weighted by molar-refractivity contribution is 0.555. The number of benzene rings is 2. The van der Waals surface area contributed by atoms with Crippen LogP contribution < -0.4 is 11.2 Å². The Kier molecular flexibility index (Phi) is 3.87. The number of amidine groups is 1. The Labute approximate surface area is 145 Å². The number of fused-ring (bicyclic) bond motifs is 1. The molecule has 120 valence electrons. The van der Waals surface area contributed by atoms with Crippen molar-refractivity contribution in [1.82, 2.24) is 10.4 Å². The highest BCUT2D eigenvalue weighted by atomic mass is 35.5. The minimum Gasteiger partial charge on any atom is -0.408 e. The maximum atomic E-state index is 11.2. The SMILES string of the molecule is O=c1[nH]c2ccc(C3=NNC(=Nc4cccc(Cl)c4)SC3)cc2o1. The zero-order valence-electron chi connectivity index (χ0n) is 12.2. The monoisotopic (exact) mass is 358 g/mol. The lowest BCUT2D eigenvalue weighted by Gasteiger charge is -2.14. The third-order valence-electron chi connectivity index (χ3n) is 3.43. The number of aromatic nitrogens is 1. The predicted molar refractivity (Wildman–Crippen MR) is 97.5 cm³/mol. The first-order chi connectivity index (χ1) is 11.7. The van der Waals surface area contributed by atoms with E-state index >= 15 is 0 Å². The van der Waals surface area contributed by atoms with E-state index in [9.17, 15) is 4.79 Å². The summed E-state index contributed by atoms with van der Waals surface area (Å²) in [5.74, 6) is 0.197. The zero-order chi connectivity index (χ0) is 16.5.